The summed E-state index contributed by atoms with van der Waals surface area (Å²) in [6.45, 7) is 5.17. The molecule has 1 unspecified atom stereocenters. The Bertz CT molecular complexity index is 551. The summed E-state index contributed by atoms with van der Waals surface area (Å²) in [4.78, 5) is 2.69. The summed E-state index contributed by atoms with van der Waals surface area (Å²) in [5.41, 5.74) is 1.08. The summed E-state index contributed by atoms with van der Waals surface area (Å²) in [5.74, 6) is 0. The molecule has 4 heteroatoms. The second-order valence-corrected chi connectivity index (χ2v) is 6.36. The normalized spacial score (nSPS) is 12.6. The second-order valence-electron chi connectivity index (χ2n) is 4.31. The lowest BCUT2D eigenvalue weighted by Gasteiger charge is -2.18. The number of hydrogen-bond donors (Lipinski definition) is 1. The molecule has 0 saturated carbocycles. The van der Waals surface area contributed by atoms with Crippen LogP contribution in [0.4, 0.5) is 0 Å². The molecule has 102 valence electrons. The molecule has 2 rings (SSSR count). The third-order valence-electron chi connectivity index (χ3n) is 3.00. The molecule has 0 aliphatic rings. The molecule has 0 spiro atoms. The topological polar surface area (TPSA) is 12.0 Å². The molecular weight excluding hydrogens is 297 g/mol. The Morgan fingerprint density at radius 3 is 2.53 bits per heavy atom. The van der Waals surface area contributed by atoms with Gasteiger partial charge in [-0.15, -0.1) is 11.3 Å². The van der Waals surface area contributed by atoms with Crippen LogP contribution in [-0.4, -0.2) is 6.54 Å². The molecular formula is C15H17Cl2NS. The van der Waals surface area contributed by atoms with Gasteiger partial charge in [0.15, 0.2) is 0 Å². The highest BCUT2D eigenvalue weighted by Gasteiger charge is 2.18. The van der Waals surface area contributed by atoms with Gasteiger partial charge in [0.25, 0.3) is 0 Å². The first-order valence-electron chi connectivity index (χ1n) is 6.42. The van der Waals surface area contributed by atoms with Gasteiger partial charge in [-0.25, -0.2) is 0 Å². The molecule has 1 N–H and O–H groups in total. The lowest BCUT2D eigenvalue weighted by molar-refractivity contribution is 0.640. The number of nitrogens with one attached hydrogen (secondary N) is 1. The van der Waals surface area contributed by atoms with Crippen LogP contribution in [-0.2, 0) is 6.42 Å². The van der Waals surface area contributed by atoms with Crippen LogP contribution in [0, 0.1) is 0 Å². The molecule has 19 heavy (non-hydrogen) atoms. The zero-order valence-electron chi connectivity index (χ0n) is 11.0. The average molecular weight is 314 g/mol. The number of hydrogen-bond acceptors (Lipinski definition) is 2. The lowest BCUT2D eigenvalue weighted by atomic mass is 10.1. The zero-order chi connectivity index (χ0) is 13.8. The van der Waals surface area contributed by atoms with Crippen LogP contribution < -0.4 is 5.32 Å². The summed E-state index contributed by atoms with van der Waals surface area (Å²) in [6.07, 6.45) is 1.07. The Morgan fingerprint density at radius 1 is 1.16 bits per heavy atom. The van der Waals surface area contributed by atoms with Gasteiger partial charge >= 0.3 is 0 Å². The standard InChI is InChI=1S/C15H17Cl2NS/c1-3-11-6-8-14(19-11)15(18-4-2)12-7-5-10(16)9-13(12)17/h5-9,15,18H,3-4H2,1-2H3. The van der Waals surface area contributed by atoms with Crippen molar-refractivity contribution in [1.82, 2.24) is 5.32 Å². The van der Waals surface area contributed by atoms with Crippen molar-refractivity contribution in [2.24, 2.45) is 0 Å². The molecule has 0 aliphatic carbocycles. The number of rotatable bonds is 5. The largest absolute Gasteiger partial charge is 0.306 e. The van der Waals surface area contributed by atoms with E-state index in [9.17, 15) is 0 Å². The number of thiophene rings is 1. The Balaban J connectivity index is 2.38. The van der Waals surface area contributed by atoms with Gasteiger partial charge in [-0.3, -0.25) is 0 Å². The van der Waals surface area contributed by atoms with Gasteiger partial charge in [-0.2, -0.15) is 0 Å². The van der Waals surface area contributed by atoms with E-state index < -0.39 is 0 Å². The molecule has 0 radical (unpaired) electrons. The second kappa shape index (κ2) is 6.76. The average Bonchev–Trinajstić information content (AvgIpc) is 2.85. The molecule has 0 amide bonds. The molecule has 0 aliphatic heterocycles. The maximum atomic E-state index is 6.33. The van der Waals surface area contributed by atoms with Gasteiger partial charge in [-0.05, 0) is 42.8 Å². The van der Waals surface area contributed by atoms with E-state index in [0.717, 1.165) is 18.5 Å². The number of halogens is 2. The van der Waals surface area contributed by atoms with Crippen LogP contribution in [0.25, 0.3) is 0 Å². The van der Waals surface area contributed by atoms with Crippen LogP contribution in [0.2, 0.25) is 10.0 Å². The van der Waals surface area contributed by atoms with Crippen molar-refractivity contribution in [2.75, 3.05) is 6.54 Å². The fourth-order valence-electron chi connectivity index (χ4n) is 2.04. The Labute approximate surface area is 128 Å². The van der Waals surface area contributed by atoms with Crippen LogP contribution in [0.3, 0.4) is 0 Å². The minimum atomic E-state index is 0.139. The highest BCUT2D eigenvalue weighted by molar-refractivity contribution is 7.12. The van der Waals surface area contributed by atoms with Gasteiger partial charge in [0.1, 0.15) is 0 Å². The zero-order valence-corrected chi connectivity index (χ0v) is 13.4. The molecule has 2 aromatic rings. The highest BCUT2D eigenvalue weighted by Crippen LogP contribution is 2.33. The predicted molar refractivity (Wildman–Crippen MR) is 85.7 cm³/mol. The Hall–Kier alpha value is -0.540. The van der Waals surface area contributed by atoms with Crippen molar-refractivity contribution in [3.63, 3.8) is 0 Å². The number of aryl methyl sites for hydroxylation is 1. The van der Waals surface area contributed by atoms with Crippen LogP contribution >= 0.6 is 34.5 Å². The van der Waals surface area contributed by atoms with E-state index in [1.807, 2.05) is 23.5 Å². The third kappa shape index (κ3) is 3.51. The van der Waals surface area contributed by atoms with Crippen molar-refractivity contribution in [3.8, 4) is 0 Å². The Morgan fingerprint density at radius 2 is 1.95 bits per heavy atom. The quantitative estimate of drug-likeness (QED) is 0.788. The van der Waals surface area contributed by atoms with Gasteiger partial charge in [0, 0.05) is 19.8 Å². The van der Waals surface area contributed by atoms with Crippen molar-refractivity contribution < 1.29 is 0 Å². The van der Waals surface area contributed by atoms with E-state index in [1.165, 1.54) is 9.75 Å². The van der Waals surface area contributed by atoms with Crippen LogP contribution in [0.1, 0.15) is 35.2 Å². The van der Waals surface area contributed by atoms with E-state index in [4.69, 9.17) is 23.2 Å². The minimum absolute atomic E-state index is 0.139. The SMILES string of the molecule is CCNC(c1ccc(CC)s1)c1ccc(Cl)cc1Cl. The van der Waals surface area contributed by atoms with Gasteiger partial charge < -0.3 is 5.32 Å². The Kier molecular flexibility index (Phi) is 5.28. The highest BCUT2D eigenvalue weighted by atomic mass is 35.5. The summed E-state index contributed by atoms with van der Waals surface area (Å²) >= 11 is 14.1. The van der Waals surface area contributed by atoms with Crippen LogP contribution in [0.15, 0.2) is 30.3 Å². The van der Waals surface area contributed by atoms with E-state index in [1.54, 1.807) is 6.07 Å². The number of benzene rings is 1. The summed E-state index contributed by atoms with van der Waals surface area (Å²) in [5, 5.41) is 4.88. The molecule has 1 aromatic carbocycles. The first-order valence-corrected chi connectivity index (χ1v) is 7.99. The van der Waals surface area contributed by atoms with E-state index in [2.05, 4.69) is 31.3 Å². The fourth-order valence-corrected chi connectivity index (χ4v) is 3.61. The van der Waals surface area contributed by atoms with Crippen molar-refractivity contribution in [1.29, 1.82) is 0 Å². The monoisotopic (exact) mass is 313 g/mol. The maximum Gasteiger partial charge on any atom is 0.0685 e. The molecule has 0 fully saturated rings. The molecule has 1 heterocycles. The van der Waals surface area contributed by atoms with Gasteiger partial charge in [-0.1, -0.05) is 43.1 Å². The molecule has 1 aromatic heterocycles. The first-order chi connectivity index (χ1) is 9.15. The maximum absolute atomic E-state index is 6.33. The molecule has 0 bridgehead atoms. The predicted octanol–water partition coefficient (Wildman–Crippen LogP) is 5.32. The summed E-state index contributed by atoms with van der Waals surface area (Å²) in [7, 11) is 0. The molecule has 0 saturated heterocycles. The lowest BCUT2D eigenvalue weighted by Crippen LogP contribution is -2.21. The smallest absolute Gasteiger partial charge is 0.0685 e. The molecule has 1 atom stereocenters. The van der Waals surface area contributed by atoms with E-state index in [0.29, 0.717) is 10.0 Å². The van der Waals surface area contributed by atoms with Crippen LogP contribution in [0.5, 0.6) is 0 Å². The van der Waals surface area contributed by atoms with Crippen molar-refractivity contribution in [3.05, 3.63) is 55.7 Å². The van der Waals surface area contributed by atoms with Crippen molar-refractivity contribution >= 4 is 34.5 Å². The van der Waals surface area contributed by atoms with Gasteiger partial charge in [0.05, 0.1) is 6.04 Å². The van der Waals surface area contributed by atoms with E-state index >= 15 is 0 Å². The minimum Gasteiger partial charge on any atom is -0.306 e. The van der Waals surface area contributed by atoms with Crippen molar-refractivity contribution in [2.45, 2.75) is 26.3 Å². The first kappa shape index (κ1) is 14.9. The summed E-state index contributed by atoms with van der Waals surface area (Å²) < 4.78 is 0. The third-order valence-corrected chi connectivity index (χ3v) is 4.85. The fraction of sp³-hybridized carbons (Fsp3) is 0.333. The molecule has 1 nitrogen and oxygen atoms in total. The van der Waals surface area contributed by atoms with E-state index in [-0.39, 0.29) is 6.04 Å². The van der Waals surface area contributed by atoms with Gasteiger partial charge in [0.2, 0.25) is 0 Å². The summed E-state index contributed by atoms with van der Waals surface area (Å²) in [6, 6.07) is 10.2.